The smallest absolute Gasteiger partial charge is 0.356 e. The minimum atomic E-state index is -1.01. The van der Waals surface area contributed by atoms with Gasteiger partial charge in [0.1, 0.15) is 0 Å². The normalized spacial score (nSPS) is 10.4. The third-order valence-corrected chi connectivity index (χ3v) is 2.71. The SMILES string of the molecule is Cc1cc(C(=O)O)nn1-c1ccc(Br)cc1. The fraction of sp³-hybridized carbons (Fsp3) is 0.0909. The molecule has 0 unspecified atom stereocenters. The summed E-state index contributed by atoms with van der Waals surface area (Å²) in [5, 5.41) is 12.8. The number of carboxylic acid groups (broad SMARTS) is 1. The van der Waals surface area contributed by atoms with Gasteiger partial charge in [-0.05, 0) is 37.3 Å². The molecule has 1 N–H and O–H groups in total. The Morgan fingerprint density at radius 3 is 2.50 bits per heavy atom. The Morgan fingerprint density at radius 2 is 2.00 bits per heavy atom. The average Bonchev–Trinajstić information content (AvgIpc) is 2.62. The molecule has 2 rings (SSSR count). The van der Waals surface area contributed by atoms with Crippen molar-refractivity contribution in [1.82, 2.24) is 9.78 Å². The van der Waals surface area contributed by atoms with Gasteiger partial charge in [-0.1, -0.05) is 15.9 Å². The van der Waals surface area contributed by atoms with Gasteiger partial charge in [0.05, 0.1) is 5.69 Å². The number of carboxylic acids is 1. The van der Waals surface area contributed by atoms with Crippen LogP contribution in [0.5, 0.6) is 0 Å². The Bertz CT molecular complexity index is 531. The van der Waals surface area contributed by atoms with Crippen molar-refractivity contribution >= 4 is 21.9 Å². The minimum absolute atomic E-state index is 0.0559. The van der Waals surface area contributed by atoms with Crippen LogP contribution < -0.4 is 0 Å². The van der Waals surface area contributed by atoms with E-state index in [1.165, 1.54) is 0 Å². The molecular formula is C11H9BrN2O2. The number of benzene rings is 1. The van der Waals surface area contributed by atoms with Crippen LogP contribution in [0.4, 0.5) is 0 Å². The molecule has 0 aliphatic heterocycles. The summed E-state index contributed by atoms with van der Waals surface area (Å²) in [6.07, 6.45) is 0. The third kappa shape index (κ3) is 1.99. The van der Waals surface area contributed by atoms with E-state index in [-0.39, 0.29) is 5.69 Å². The molecule has 0 radical (unpaired) electrons. The number of hydrogen-bond acceptors (Lipinski definition) is 2. The maximum Gasteiger partial charge on any atom is 0.356 e. The van der Waals surface area contributed by atoms with Crippen molar-refractivity contribution in [2.45, 2.75) is 6.92 Å². The first kappa shape index (κ1) is 10.9. The highest BCUT2D eigenvalue weighted by Crippen LogP contribution is 2.16. The zero-order valence-corrected chi connectivity index (χ0v) is 10.1. The molecule has 0 bridgehead atoms. The standard InChI is InChI=1S/C11H9BrN2O2/c1-7-6-10(11(15)16)13-14(7)9-4-2-8(12)3-5-9/h2-6H,1H3,(H,15,16). The van der Waals surface area contributed by atoms with Gasteiger partial charge in [-0.2, -0.15) is 5.10 Å². The van der Waals surface area contributed by atoms with Crippen LogP contribution in [0.25, 0.3) is 5.69 Å². The van der Waals surface area contributed by atoms with E-state index in [2.05, 4.69) is 21.0 Å². The van der Waals surface area contributed by atoms with Crippen molar-refractivity contribution in [3.63, 3.8) is 0 Å². The van der Waals surface area contributed by atoms with E-state index in [0.717, 1.165) is 15.9 Å². The lowest BCUT2D eigenvalue weighted by molar-refractivity contribution is 0.0690. The predicted molar refractivity (Wildman–Crippen MR) is 63.0 cm³/mol. The van der Waals surface area contributed by atoms with Crippen molar-refractivity contribution < 1.29 is 9.90 Å². The molecule has 5 heteroatoms. The molecule has 0 fully saturated rings. The monoisotopic (exact) mass is 280 g/mol. The quantitative estimate of drug-likeness (QED) is 0.920. The predicted octanol–water partition coefficient (Wildman–Crippen LogP) is 2.64. The summed E-state index contributed by atoms with van der Waals surface area (Å²) in [7, 11) is 0. The van der Waals surface area contributed by atoms with Crippen LogP contribution in [0.1, 0.15) is 16.2 Å². The van der Waals surface area contributed by atoms with E-state index >= 15 is 0 Å². The average molecular weight is 281 g/mol. The van der Waals surface area contributed by atoms with Crippen LogP contribution in [-0.4, -0.2) is 20.9 Å². The topological polar surface area (TPSA) is 55.1 Å². The first-order valence-electron chi connectivity index (χ1n) is 4.64. The van der Waals surface area contributed by atoms with Crippen LogP contribution in [0, 0.1) is 6.92 Å². The second-order valence-corrected chi connectivity index (χ2v) is 4.28. The Kier molecular flexibility index (Phi) is 2.78. The molecule has 1 aromatic carbocycles. The summed E-state index contributed by atoms with van der Waals surface area (Å²) >= 11 is 3.34. The summed E-state index contributed by atoms with van der Waals surface area (Å²) in [6, 6.07) is 9.06. The van der Waals surface area contributed by atoms with E-state index in [1.54, 1.807) is 10.7 Å². The fourth-order valence-corrected chi connectivity index (χ4v) is 1.69. The van der Waals surface area contributed by atoms with Gasteiger partial charge in [0.25, 0.3) is 0 Å². The Morgan fingerprint density at radius 1 is 1.38 bits per heavy atom. The zero-order chi connectivity index (χ0) is 11.7. The number of rotatable bonds is 2. The maximum absolute atomic E-state index is 10.8. The van der Waals surface area contributed by atoms with Crippen molar-refractivity contribution in [2.24, 2.45) is 0 Å². The lowest BCUT2D eigenvalue weighted by atomic mass is 10.3. The van der Waals surface area contributed by atoms with E-state index in [1.807, 2.05) is 31.2 Å². The van der Waals surface area contributed by atoms with Gasteiger partial charge in [0.2, 0.25) is 0 Å². The van der Waals surface area contributed by atoms with Crippen molar-refractivity contribution in [3.05, 3.63) is 46.2 Å². The molecule has 4 nitrogen and oxygen atoms in total. The van der Waals surface area contributed by atoms with Crippen LogP contribution in [0.2, 0.25) is 0 Å². The number of aromatic nitrogens is 2. The molecule has 0 amide bonds. The van der Waals surface area contributed by atoms with Crippen LogP contribution in [-0.2, 0) is 0 Å². The number of aryl methyl sites for hydroxylation is 1. The molecule has 1 aromatic heterocycles. The van der Waals surface area contributed by atoms with Gasteiger partial charge < -0.3 is 5.11 Å². The molecule has 0 aliphatic rings. The third-order valence-electron chi connectivity index (χ3n) is 2.18. The molecule has 16 heavy (non-hydrogen) atoms. The molecule has 82 valence electrons. The molecule has 0 aliphatic carbocycles. The van der Waals surface area contributed by atoms with Gasteiger partial charge in [-0.15, -0.1) is 0 Å². The Labute approximate surface area is 101 Å². The van der Waals surface area contributed by atoms with Crippen LogP contribution in [0.15, 0.2) is 34.8 Å². The van der Waals surface area contributed by atoms with Crippen molar-refractivity contribution in [1.29, 1.82) is 0 Å². The second kappa shape index (κ2) is 4.09. The second-order valence-electron chi connectivity index (χ2n) is 3.36. The molecule has 0 saturated carbocycles. The summed E-state index contributed by atoms with van der Waals surface area (Å²) in [6.45, 7) is 1.82. The molecule has 1 heterocycles. The summed E-state index contributed by atoms with van der Waals surface area (Å²) in [5.74, 6) is -1.01. The van der Waals surface area contributed by atoms with E-state index < -0.39 is 5.97 Å². The maximum atomic E-state index is 10.8. The Hall–Kier alpha value is -1.62. The van der Waals surface area contributed by atoms with E-state index in [4.69, 9.17) is 5.11 Å². The summed E-state index contributed by atoms with van der Waals surface area (Å²) in [5.41, 5.74) is 1.69. The molecule has 2 aromatic rings. The molecule has 0 atom stereocenters. The lowest BCUT2D eigenvalue weighted by Crippen LogP contribution is -2.01. The van der Waals surface area contributed by atoms with Gasteiger partial charge in [-0.3, -0.25) is 0 Å². The number of halogens is 1. The van der Waals surface area contributed by atoms with Gasteiger partial charge in [0, 0.05) is 10.2 Å². The first-order chi connectivity index (χ1) is 7.58. The number of nitrogens with zero attached hydrogens (tertiary/aromatic N) is 2. The zero-order valence-electron chi connectivity index (χ0n) is 8.51. The molecular weight excluding hydrogens is 272 g/mol. The van der Waals surface area contributed by atoms with Crippen LogP contribution >= 0.6 is 15.9 Å². The fourth-order valence-electron chi connectivity index (χ4n) is 1.42. The highest BCUT2D eigenvalue weighted by molar-refractivity contribution is 9.10. The lowest BCUT2D eigenvalue weighted by Gasteiger charge is -2.03. The van der Waals surface area contributed by atoms with Crippen molar-refractivity contribution in [3.8, 4) is 5.69 Å². The van der Waals surface area contributed by atoms with Gasteiger partial charge in [0.15, 0.2) is 5.69 Å². The van der Waals surface area contributed by atoms with Crippen molar-refractivity contribution in [2.75, 3.05) is 0 Å². The highest BCUT2D eigenvalue weighted by Gasteiger charge is 2.11. The van der Waals surface area contributed by atoms with E-state index in [0.29, 0.717) is 0 Å². The Balaban J connectivity index is 2.47. The van der Waals surface area contributed by atoms with Gasteiger partial charge in [-0.25, -0.2) is 9.48 Å². The molecule has 0 saturated heterocycles. The number of aromatic carboxylic acids is 1. The number of hydrogen-bond donors (Lipinski definition) is 1. The summed E-state index contributed by atoms with van der Waals surface area (Å²) in [4.78, 5) is 10.8. The van der Waals surface area contributed by atoms with E-state index in [9.17, 15) is 4.79 Å². The first-order valence-corrected chi connectivity index (χ1v) is 5.43. The van der Waals surface area contributed by atoms with Gasteiger partial charge >= 0.3 is 5.97 Å². The minimum Gasteiger partial charge on any atom is -0.476 e. The molecule has 0 spiro atoms. The largest absolute Gasteiger partial charge is 0.476 e. The summed E-state index contributed by atoms with van der Waals surface area (Å²) < 4.78 is 2.58. The number of carbonyl (C=O) groups is 1. The van der Waals surface area contributed by atoms with Crippen LogP contribution in [0.3, 0.4) is 0 Å². The highest BCUT2D eigenvalue weighted by atomic mass is 79.9.